The van der Waals surface area contributed by atoms with E-state index in [9.17, 15) is 9.59 Å². The molecule has 25 heavy (non-hydrogen) atoms. The molecule has 0 amide bonds. The van der Waals surface area contributed by atoms with Crippen LogP contribution in [0.15, 0.2) is 30.0 Å². The second kappa shape index (κ2) is 5.61. The molecular formula is C20H22O5. The predicted molar refractivity (Wildman–Crippen MR) is 90.4 cm³/mol. The first kappa shape index (κ1) is 16.2. The summed E-state index contributed by atoms with van der Waals surface area (Å²) in [6.07, 6.45) is 3.39. The van der Waals surface area contributed by atoms with Gasteiger partial charge in [-0.1, -0.05) is 26.3 Å². The highest BCUT2D eigenvalue weighted by Crippen LogP contribution is 2.59. The fraction of sp³-hybridized carbons (Fsp3) is 0.500. The predicted octanol–water partition coefficient (Wildman–Crippen LogP) is 3.23. The number of carbonyl (C=O) groups excluding carboxylic acids is 2. The molecule has 0 N–H and O–H groups in total. The summed E-state index contributed by atoms with van der Waals surface area (Å²) in [5.41, 5.74) is 0.326. The number of methoxy groups -OCH3 is 1. The van der Waals surface area contributed by atoms with Gasteiger partial charge in [0.25, 0.3) is 0 Å². The van der Waals surface area contributed by atoms with E-state index in [4.69, 9.17) is 14.2 Å². The molecule has 0 saturated heterocycles. The van der Waals surface area contributed by atoms with Crippen LogP contribution in [0.3, 0.4) is 0 Å². The fourth-order valence-electron chi connectivity index (χ4n) is 4.83. The van der Waals surface area contributed by atoms with Gasteiger partial charge >= 0.3 is 0 Å². The van der Waals surface area contributed by atoms with E-state index >= 15 is 0 Å². The molecule has 5 heteroatoms. The number of rotatable bonds is 4. The van der Waals surface area contributed by atoms with Crippen LogP contribution in [-0.4, -0.2) is 25.5 Å². The van der Waals surface area contributed by atoms with Crippen molar-refractivity contribution in [1.29, 1.82) is 0 Å². The van der Waals surface area contributed by atoms with Crippen molar-refractivity contribution < 1.29 is 23.8 Å². The standard InChI is InChI=1S/C20H22O5/c1-4-7-20-9-15(23-3)18(21)17(19(20)22)16(11(20)2)12-5-6-13-14(8-12)25-10-24-13/h5-6,8-9,11,16-17H,4,7,10H2,1-3H3/t11-,16-,17+,20+/m0/s1. The molecule has 4 atom stereocenters. The summed E-state index contributed by atoms with van der Waals surface area (Å²) in [6.45, 7) is 4.34. The second-order valence-corrected chi connectivity index (χ2v) is 7.14. The normalized spacial score (nSPS) is 32.8. The zero-order chi connectivity index (χ0) is 17.8. The smallest absolute Gasteiger partial charge is 0.231 e. The number of benzene rings is 1. The number of hydrogen-bond donors (Lipinski definition) is 0. The fourth-order valence-corrected chi connectivity index (χ4v) is 4.83. The molecule has 1 aromatic rings. The maximum atomic E-state index is 13.2. The summed E-state index contributed by atoms with van der Waals surface area (Å²) < 4.78 is 16.2. The van der Waals surface area contributed by atoms with Crippen molar-refractivity contribution in [3.8, 4) is 11.5 Å². The van der Waals surface area contributed by atoms with Crippen LogP contribution in [0.4, 0.5) is 0 Å². The average molecular weight is 342 g/mol. The Balaban J connectivity index is 1.83. The van der Waals surface area contributed by atoms with Crippen LogP contribution < -0.4 is 9.47 Å². The third-order valence-electron chi connectivity index (χ3n) is 6.03. The highest BCUT2D eigenvalue weighted by molar-refractivity contribution is 6.17. The maximum Gasteiger partial charge on any atom is 0.231 e. The Labute approximate surface area is 146 Å². The lowest BCUT2D eigenvalue weighted by Gasteiger charge is -2.31. The highest BCUT2D eigenvalue weighted by atomic mass is 16.7. The van der Waals surface area contributed by atoms with Crippen molar-refractivity contribution in [1.82, 2.24) is 0 Å². The van der Waals surface area contributed by atoms with Crippen molar-refractivity contribution in [2.24, 2.45) is 17.3 Å². The van der Waals surface area contributed by atoms with E-state index in [1.54, 1.807) is 6.08 Å². The van der Waals surface area contributed by atoms with Gasteiger partial charge in [-0.2, -0.15) is 0 Å². The Morgan fingerprint density at radius 2 is 2.00 bits per heavy atom. The largest absolute Gasteiger partial charge is 0.493 e. The third kappa shape index (κ3) is 2.08. The van der Waals surface area contributed by atoms with Crippen molar-refractivity contribution in [2.75, 3.05) is 13.9 Å². The first-order chi connectivity index (χ1) is 12.0. The molecule has 3 aliphatic rings. The van der Waals surface area contributed by atoms with Gasteiger partial charge < -0.3 is 14.2 Å². The maximum absolute atomic E-state index is 13.2. The lowest BCUT2D eigenvalue weighted by molar-refractivity contribution is -0.136. The Morgan fingerprint density at radius 1 is 1.24 bits per heavy atom. The summed E-state index contributed by atoms with van der Waals surface area (Å²) in [5.74, 6) is 0.702. The minimum Gasteiger partial charge on any atom is -0.493 e. The van der Waals surface area contributed by atoms with Crippen molar-refractivity contribution in [2.45, 2.75) is 32.6 Å². The Kier molecular flexibility index (Phi) is 3.63. The van der Waals surface area contributed by atoms with Crippen LogP contribution in [0.1, 0.15) is 38.2 Å². The topological polar surface area (TPSA) is 61.8 Å². The Hall–Kier alpha value is -2.30. The number of ether oxygens (including phenoxy) is 3. The number of carbonyl (C=O) groups is 2. The molecule has 0 spiro atoms. The molecule has 132 valence electrons. The molecule has 1 fully saturated rings. The molecule has 1 aliphatic heterocycles. The van der Waals surface area contributed by atoms with E-state index in [-0.39, 0.29) is 30.2 Å². The summed E-state index contributed by atoms with van der Waals surface area (Å²) in [4.78, 5) is 26.1. The van der Waals surface area contributed by atoms with Crippen LogP contribution in [0.2, 0.25) is 0 Å². The van der Waals surface area contributed by atoms with Crippen LogP contribution in [-0.2, 0) is 14.3 Å². The second-order valence-electron chi connectivity index (χ2n) is 7.14. The van der Waals surface area contributed by atoms with Crippen molar-refractivity contribution in [3.05, 3.63) is 35.6 Å². The van der Waals surface area contributed by atoms with Crippen LogP contribution in [0.5, 0.6) is 11.5 Å². The van der Waals surface area contributed by atoms with Gasteiger partial charge in [0.15, 0.2) is 23.0 Å². The molecule has 0 aromatic heterocycles. The monoisotopic (exact) mass is 342 g/mol. The summed E-state index contributed by atoms with van der Waals surface area (Å²) in [7, 11) is 1.50. The molecular weight excluding hydrogens is 320 g/mol. The van der Waals surface area contributed by atoms with Gasteiger partial charge in [-0.3, -0.25) is 9.59 Å². The van der Waals surface area contributed by atoms with Gasteiger partial charge in [0.05, 0.1) is 18.4 Å². The Bertz CT molecular complexity index is 780. The summed E-state index contributed by atoms with van der Waals surface area (Å²) >= 11 is 0. The molecule has 2 bridgehead atoms. The minimum atomic E-state index is -0.679. The van der Waals surface area contributed by atoms with Crippen LogP contribution in [0, 0.1) is 17.3 Å². The van der Waals surface area contributed by atoms with E-state index in [1.165, 1.54) is 7.11 Å². The van der Waals surface area contributed by atoms with Crippen molar-refractivity contribution in [3.63, 3.8) is 0 Å². The molecule has 0 radical (unpaired) electrons. The number of allylic oxidation sites excluding steroid dienone is 2. The van der Waals surface area contributed by atoms with E-state index in [1.807, 2.05) is 18.2 Å². The Morgan fingerprint density at radius 3 is 2.72 bits per heavy atom. The zero-order valence-electron chi connectivity index (χ0n) is 14.7. The van der Waals surface area contributed by atoms with Gasteiger partial charge in [0.2, 0.25) is 12.6 Å². The number of ketones is 2. The third-order valence-corrected chi connectivity index (χ3v) is 6.03. The van der Waals surface area contributed by atoms with Gasteiger partial charge in [0.1, 0.15) is 0 Å². The SMILES string of the molecule is CCC[C@]12C=C(OC)C(=O)[C@H](C1=O)[C@H](c1ccc3c(c1)OCO3)[C@@H]2C. The van der Waals surface area contributed by atoms with Crippen molar-refractivity contribution >= 4 is 11.6 Å². The van der Waals surface area contributed by atoms with E-state index < -0.39 is 11.3 Å². The average Bonchev–Trinajstić information content (AvgIpc) is 3.13. The van der Waals surface area contributed by atoms with Gasteiger partial charge in [0, 0.05) is 5.92 Å². The number of fused-ring (bicyclic) bond motifs is 3. The van der Waals surface area contributed by atoms with Crippen LogP contribution >= 0.6 is 0 Å². The molecule has 1 aromatic carbocycles. The van der Waals surface area contributed by atoms with E-state index in [0.29, 0.717) is 17.3 Å². The minimum absolute atomic E-state index is 0.0157. The lowest BCUT2D eigenvalue weighted by atomic mass is 9.71. The molecule has 1 saturated carbocycles. The van der Waals surface area contributed by atoms with Gasteiger partial charge in [-0.15, -0.1) is 0 Å². The molecule has 2 aliphatic carbocycles. The quantitative estimate of drug-likeness (QED) is 0.786. The first-order valence-corrected chi connectivity index (χ1v) is 8.78. The van der Waals surface area contributed by atoms with Crippen LogP contribution in [0.25, 0.3) is 0 Å². The van der Waals surface area contributed by atoms with Gasteiger partial charge in [-0.25, -0.2) is 0 Å². The molecule has 0 unspecified atom stereocenters. The summed E-state index contributed by atoms with van der Waals surface area (Å²) in [6, 6.07) is 5.72. The van der Waals surface area contributed by atoms with Gasteiger partial charge in [-0.05, 0) is 36.1 Å². The summed E-state index contributed by atoms with van der Waals surface area (Å²) in [5, 5.41) is 0. The van der Waals surface area contributed by atoms with E-state index in [2.05, 4.69) is 13.8 Å². The van der Waals surface area contributed by atoms with E-state index in [0.717, 1.165) is 18.4 Å². The number of Topliss-reactive ketones (excluding diaryl/α,β-unsaturated/α-hetero) is 2. The lowest BCUT2D eigenvalue weighted by Crippen LogP contribution is -2.38. The molecule has 4 rings (SSSR count). The molecule has 1 heterocycles. The molecule has 5 nitrogen and oxygen atoms in total. The zero-order valence-corrected chi connectivity index (χ0v) is 14.7. The highest BCUT2D eigenvalue weighted by Gasteiger charge is 2.62. The number of hydrogen-bond acceptors (Lipinski definition) is 5. The first-order valence-electron chi connectivity index (χ1n) is 8.78.